The molecule has 98 valence electrons. The highest BCUT2D eigenvalue weighted by Crippen LogP contribution is 2.11. The van der Waals surface area contributed by atoms with Crippen LogP contribution >= 0.6 is 0 Å². The van der Waals surface area contributed by atoms with E-state index in [1.807, 2.05) is 6.07 Å². The Bertz CT molecular complexity index is 284. The van der Waals surface area contributed by atoms with Crippen molar-refractivity contribution in [2.75, 3.05) is 6.54 Å². The Hall–Kier alpha value is -0.830. The fourth-order valence-corrected chi connectivity index (χ4v) is 2.00. The van der Waals surface area contributed by atoms with Gasteiger partial charge in [-0.15, -0.1) is 0 Å². The highest BCUT2D eigenvalue weighted by molar-refractivity contribution is 5.05. The van der Waals surface area contributed by atoms with Crippen LogP contribution in [-0.4, -0.2) is 11.7 Å². The van der Waals surface area contributed by atoms with Gasteiger partial charge in [0.15, 0.2) is 0 Å². The molecule has 0 bridgehead atoms. The predicted molar refractivity (Wildman–Crippen MR) is 71.0 cm³/mol. The van der Waals surface area contributed by atoms with Crippen molar-refractivity contribution >= 4 is 0 Å². The number of nitrogens with zero attached hydrogens (tertiary/aromatic N) is 1. The molecule has 2 N–H and O–H groups in total. The monoisotopic (exact) mass is 238 g/mol. The number of aryl methyl sites for hydroxylation is 1. The maximum Gasteiger partial charge on any atom is 0.138 e. The Labute approximate surface area is 105 Å². The Morgan fingerprint density at radius 1 is 1.06 bits per heavy atom. The summed E-state index contributed by atoms with van der Waals surface area (Å²) in [5.41, 5.74) is 6.55. The van der Waals surface area contributed by atoms with E-state index in [0.717, 1.165) is 24.3 Å². The third kappa shape index (κ3) is 6.47. The van der Waals surface area contributed by atoms with Crippen LogP contribution in [0.25, 0.3) is 0 Å². The fraction of sp³-hybridized carbons (Fsp3) is 0.786. The fourth-order valence-electron chi connectivity index (χ4n) is 2.00. The van der Waals surface area contributed by atoms with Gasteiger partial charge in [-0.1, -0.05) is 50.6 Å². The van der Waals surface area contributed by atoms with E-state index in [1.54, 1.807) is 0 Å². The number of hydrogen-bond acceptors (Lipinski definition) is 3. The third-order valence-corrected chi connectivity index (χ3v) is 3.03. The zero-order valence-corrected chi connectivity index (χ0v) is 11.1. The Balaban J connectivity index is 2.01. The van der Waals surface area contributed by atoms with Crippen LogP contribution in [0.2, 0.25) is 0 Å². The Morgan fingerprint density at radius 3 is 2.47 bits per heavy atom. The van der Waals surface area contributed by atoms with E-state index in [0.29, 0.717) is 6.54 Å². The van der Waals surface area contributed by atoms with E-state index in [4.69, 9.17) is 10.3 Å². The highest BCUT2D eigenvalue weighted by Gasteiger charge is 2.02. The van der Waals surface area contributed by atoms with Gasteiger partial charge in [-0.05, 0) is 19.4 Å². The second-order valence-corrected chi connectivity index (χ2v) is 4.69. The average molecular weight is 238 g/mol. The maximum atomic E-state index is 5.46. The van der Waals surface area contributed by atoms with E-state index < -0.39 is 0 Å². The minimum atomic E-state index is 0.631. The SMILES string of the molecule is CCCCCCCCCc1cc(CCN)on1. The van der Waals surface area contributed by atoms with E-state index in [2.05, 4.69) is 12.1 Å². The second-order valence-electron chi connectivity index (χ2n) is 4.69. The van der Waals surface area contributed by atoms with Gasteiger partial charge in [0.25, 0.3) is 0 Å². The minimum Gasteiger partial charge on any atom is -0.361 e. The largest absolute Gasteiger partial charge is 0.361 e. The molecule has 0 spiro atoms. The van der Waals surface area contributed by atoms with Gasteiger partial charge in [0.05, 0.1) is 5.69 Å². The summed E-state index contributed by atoms with van der Waals surface area (Å²) in [5.74, 6) is 0.922. The first-order chi connectivity index (χ1) is 8.36. The normalized spacial score (nSPS) is 10.9. The van der Waals surface area contributed by atoms with Crippen molar-refractivity contribution in [2.24, 2.45) is 5.73 Å². The van der Waals surface area contributed by atoms with Crippen LogP contribution in [0.3, 0.4) is 0 Å². The molecule has 0 aliphatic rings. The zero-order chi connectivity index (χ0) is 12.3. The van der Waals surface area contributed by atoms with Crippen LogP contribution in [0.4, 0.5) is 0 Å². The van der Waals surface area contributed by atoms with Gasteiger partial charge in [-0.2, -0.15) is 0 Å². The van der Waals surface area contributed by atoms with Crippen LogP contribution in [0.1, 0.15) is 63.3 Å². The van der Waals surface area contributed by atoms with E-state index in [9.17, 15) is 0 Å². The van der Waals surface area contributed by atoms with Crippen LogP contribution in [0.5, 0.6) is 0 Å². The van der Waals surface area contributed by atoms with Gasteiger partial charge in [0.2, 0.25) is 0 Å². The van der Waals surface area contributed by atoms with Crippen LogP contribution < -0.4 is 5.73 Å². The van der Waals surface area contributed by atoms with Crippen molar-refractivity contribution in [1.82, 2.24) is 5.16 Å². The molecule has 3 nitrogen and oxygen atoms in total. The van der Waals surface area contributed by atoms with Crippen molar-refractivity contribution in [1.29, 1.82) is 0 Å². The lowest BCUT2D eigenvalue weighted by Crippen LogP contribution is -2.01. The molecular weight excluding hydrogens is 212 g/mol. The molecule has 1 aromatic heterocycles. The molecule has 0 aliphatic heterocycles. The lowest BCUT2D eigenvalue weighted by molar-refractivity contribution is 0.377. The summed E-state index contributed by atoms with van der Waals surface area (Å²) in [5, 5.41) is 4.05. The summed E-state index contributed by atoms with van der Waals surface area (Å²) in [7, 11) is 0. The molecule has 17 heavy (non-hydrogen) atoms. The van der Waals surface area contributed by atoms with E-state index >= 15 is 0 Å². The van der Waals surface area contributed by atoms with Crippen molar-refractivity contribution < 1.29 is 4.52 Å². The van der Waals surface area contributed by atoms with Crippen molar-refractivity contribution in [3.05, 3.63) is 17.5 Å². The van der Waals surface area contributed by atoms with Crippen LogP contribution in [0.15, 0.2) is 10.6 Å². The van der Waals surface area contributed by atoms with Crippen LogP contribution in [0, 0.1) is 0 Å². The average Bonchev–Trinajstić information content (AvgIpc) is 2.76. The zero-order valence-electron chi connectivity index (χ0n) is 11.1. The molecule has 3 heteroatoms. The molecule has 0 aromatic carbocycles. The minimum absolute atomic E-state index is 0.631. The second kappa shape index (κ2) is 9.23. The van der Waals surface area contributed by atoms with Gasteiger partial charge < -0.3 is 10.3 Å². The first kappa shape index (κ1) is 14.2. The maximum absolute atomic E-state index is 5.46. The van der Waals surface area contributed by atoms with Gasteiger partial charge in [0, 0.05) is 12.5 Å². The van der Waals surface area contributed by atoms with Gasteiger partial charge >= 0.3 is 0 Å². The molecule has 1 aromatic rings. The molecule has 0 saturated heterocycles. The van der Waals surface area contributed by atoms with Crippen molar-refractivity contribution in [2.45, 2.75) is 64.7 Å². The number of nitrogens with two attached hydrogens (primary N) is 1. The predicted octanol–water partition coefficient (Wildman–Crippen LogP) is 3.47. The quantitative estimate of drug-likeness (QED) is 0.635. The number of unbranched alkanes of at least 4 members (excludes halogenated alkanes) is 6. The smallest absolute Gasteiger partial charge is 0.138 e. The summed E-state index contributed by atoms with van der Waals surface area (Å²) in [6, 6.07) is 2.05. The molecule has 0 amide bonds. The summed E-state index contributed by atoms with van der Waals surface area (Å²) >= 11 is 0. The Morgan fingerprint density at radius 2 is 1.76 bits per heavy atom. The molecule has 1 heterocycles. The van der Waals surface area contributed by atoms with Gasteiger partial charge in [-0.3, -0.25) is 0 Å². The summed E-state index contributed by atoms with van der Waals surface area (Å²) in [4.78, 5) is 0. The Kier molecular flexibility index (Phi) is 7.72. The first-order valence-corrected chi connectivity index (χ1v) is 7.01. The number of aromatic nitrogens is 1. The number of hydrogen-bond donors (Lipinski definition) is 1. The number of rotatable bonds is 10. The molecule has 0 saturated carbocycles. The first-order valence-electron chi connectivity index (χ1n) is 7.01. The molecular formula is C14H26N2O. The summed E-state index contributed by atoms with van der Waals surface area (Å²) < 4.78 is 5.19. The molecule has 0 unspecified atom stereocenters. The van der Waals surface area contributed by atoms with Gasteiger partial charge in [-0.25, -0.2) is 0 Å². The molecule has 0 aliphatic carbocycles. The lowest BCUT2D eigenvalue weighted by Gasteiger charge is -1.99. The molecule has 0 atom stereocenters. The topological polar surface area (TPSA) is 52.0 Å². The molecule has 1 rings (SSSR count). The van der Waals surface area contributed by atoms with E-state index in [-0.39, 0.29) is 0 Å². The molecule has 0 fully saturated rings. The molecule has 0 radical (unpaired) electrons. The summed E-state index contributed by atoms with van der Waals surface area (Å²) in [6.07, 6.45) is 11.2. The van der Waals surface area contributed by atoms with Crippen molar-refractivity contribution in [3.63, 3.8) is 0 Å². The third-order valence-electron chi connectivity index (χ3n) is 3.03. The standard InChI is InChI=1S/C14H26N2O/c1-2-3-4-5-6-7-8-9-13-12-14(10-11-15)17-16-13/h12H,2-11,15H2,1H3. The lowest BCUT2D eigenvalue weighted by atomic mass is 10.1. The van der Waals surface area contributed by atoms with Crippen LogP contribution in [-0.2, 0) is 12.8 Å². The van der Waals surface area contributed by atoms with Crippen molar-refractivity contribution in [3.8, 4) is 0 Å². The van der Waals surface area contributed by atoms with E-state index in [1.165, 1.54) is 44.9 Å². The summed E-state index contributed by atoms with van der Waals surface area (Å²) in [6.45, 7) is 2.88. The highest BCUT2D eigenvalue weighted by atomic mass is 16.5. The van der Waals surface area contributed by atoms with Gasteiger partial charge in [0.1, 0.15) is 5.76 Å².